The van der Waals surface area contributed by atoms with Crippen LogP contribution >= 0.6 is 0 Å². The van der Waals surface area contributed by atoms with E-state index in [1.165, 1.54) is 4.90 Å². The lowest BCUT2D eigenvalue weighted by molar-refractivity contribution is -0.145. The van der Waals surface area contributed by atoms with Crippen LogP contribution in [0, 0.1) is 5.92 Å². The maximum atomic E-state index is 12.1. The molecule has 0 radical (unpaired) electrons. The second-order valence-corrected chi connectivity index (χ2v) is 6.12. The topological polar surface area (TPSA) is 92.9 Å². The fraction of sp³-hybridized carbons (Fsp3) is 0.833. The number of amides is 1. The molecule has 1 amide bonds. The first-order valence-corrected chi connectivity index (χ1v) is 6.20. The summed E-state index contributed by atoms with van der Waals surface area (Å²) in [5.41, 5.74) is 5.27. The number of fused-ring (bicyclic) bond motifs is 2. The van der Waals surface area contributed by atoms with Gasteiger partial charge in [0.25, 0.3) is 0 Å². The van der Waals surface area contributed by atoms with Crippen LogP contribution in [0.4, 0.5) is 4.79 Å². The lowest BCUT2D eigenvalue weighted by Gasteiger charge is -2.36. The van der Waals surface area contributed by atoms with Gasteiger partial charge >= 0.3 is 12.1 Å². The normalized spacial score (nSPS) is 34.8. The van der Waals surface area contributed by atoms with Crippen molar-refractivity contribution in [1.82, 2.24) is 4.90 Å². The van der Waals surface area contributed by atoms with Crippen molar-refractivity contribution in [3.63, 3.8) is 0 Å². The number of carbonyl (C=O) groups is 2. The molecule has 2 fully saturated rings. The SMILES string of the molecule is CC(C)(C)OC(=O)N1[C@@H]2C[C@@H]([C@H]1C(=O)O)[C@@H](N)C2. The molecular formula is C12H20N2O4. The number of likely N-dealkylation sites (tertiary alicyclic amines) is 1. The van der Waals surface area contributed by atoms with Crippen LogP contribution in [-0.2, 0) is 9.53 Å². The van der Waals surface area contributed by atoms with Crippen molar-refractivity contribution in [3.8, 4) is 0 Å². The molecule has 0 spiro atoms. The van der Waals surface area contributed by atoms with E-state index in [9.17, 15) is 14.7 Å². The van der Waals surface area contributed by atoms with Crippen LogP contribution < -0.4 is 5.73 Å². The van der Waals surface area contributed by atoms with Crippen LogP contribution in [0.15, 0.2) is 0 Å². The lowest BCUT2D eigenvalue weighted by atomic mass is 9.95. The number of hydrogen-bond donors (Lipinski definition) is 2. The highest BCUT2D eigenvalue weighted by Gasteiger charge is 2.56. The monoisotopic (exact) mass is 256 g/mol. The third-order valence-electron chi connectivity index (χ3n) is 3.59. The molecule has 6 heteroatoms. The third kappa shape index (κ3) is 2.16. The van der Waals surface area contributed by atoms with E-state index in [0.717, 1.165) is 0 Å². The summed E-state index contributed by atoms with van der Waals surface area (Å²) in [7, 11) is 0. The van der Waals surface area contributed by atoms with Crippen LogP contribution in [0.3, 0.4) is 0 Å². The summed E-state index contributed by atoms with van der Waals surface area (Å²) in [5, 5.41) is 9.27. The minimum Gasteiger partial charge on any atom is -0.480 e. The van der Waals surface area contributed by atoms with Crippen LogP contribution in [0.1, 0.15) is 33.6 Å². The van der Waals surface area contributed by atoms with Gasteiger partial charge in [0.15, 0.2) is 0 Å². The van der Waals surface area contributed by atoms with E-state index in [1.54, 1.807) is 20.8 Å². The summed E-state index contributed by atoms with van der Waals surface area (Å²) < 4.78 is 5.27. The number of carbonyl (C=O) groups excluding carboxylic acids is 1. The van der Waals surface area contributed by atoms with Crippen molar-refractivity contribution in [2.45, 2.75) is 57.3 Å². The Balaban J connectivity index is 2.17. The molecule has 0 aromatic rings. The summed E-state index contributed by atoms with van der Waals surface area (Å²) >= 11 is 0. The first kappa shape index (κ1) is 13.1. The molecule has 4 atom stereocenters. The maximum Gasteiger partial charge on any atom is 0.411 e. The average Bonchev–Trinajstić information content (AvgIpc) is 2.69. The largest absolute Gasteiger partial charge is 0.480 e. The van der Waals surface area contributed by atoms with E-state index in [0.29, 0.717) is 12.8 Å². The molecule has 2 bridgehead atoms. The van der Waals surface area contributed by atoms with Gasteiger partial charge in [-0.3, -0.25) is 4.90 Å². The van der Waals surface area contributed by atoms with Crippen LogP contribution in [0.2, 0.25) is 0 Å². The zero-order valence-corrected chi connectivity index (χ0v) is 10.9. The number of nitrogens with two attached hydrogens (primary N) is 1. The molecule has 1 saturated heterocycles. The summed E-state index contributed by atoms with van der Waals surface area (Å²) in [5.74, 6) is -1.15. The molecule has 1 heterocycles. The highest BCUT2D eigenvalue weighted by Crippen LogP contribution is 2.42. The number of hydrogen-bond acceptors (Lipinski definition) is 4. The Hall–Kier alpha value is -1.30. The van der Waals surface area contributed by atoms with E-state index >= 15 is 0 Å². The average molecular weight is 256 g/mol. The van der Waals surface area contributed by atoms with Crippen LogP contribution in [0.25, 0.3) is 0 Å². The number of carboxylic acids is 1. The van der Waals surface area contributed by atoms with Crippen LogP contribution in [-0.4, -0.2) is 45.8 Å². The molecule has 3 N–H and O–H groups in total. The van der Waals surface area contributed by atoms with E-state index < -0.39 is 23.7 Å². The maximum absolute atomic E-state index is 12.1. The second kappa shape index (κ2) is 4.12. The number of carboxylic acid groups (broad SMARTS) is 1. The smallest absolute Gasteiger partial charge is 0.411 e. The Morgan fingerprint density at radius 2 is 1.94 bits per heavy atom. The highest BCUT2D eigenvalue weighted by molar-refractivity contribution is 5.82. The second-order valence-electron chi connectivity index (χ2n) is 6.12. The van der Waals surface area contributed by atoms with Crippen molar-refractivity contribution < 1.29 is 19.4 Å². The van der Waals surface area contributed by atoms with Crippen molar-refractivity contribution in [1.29, 1.82) is 0 Å². The molecule has 6 nitrogen and oxygen atoms in total. The molecule has 0 aromatic carbocycles. The van der Waals surface area contributed by atoms with Crippen molar-refractivity contribution in [2.24, 2.45) is 11.7 Å². The Kier molecular flexibility index (Phi) is 3.01. The molecule has 1 saturated carbocycles. The predicted octanol–water partition coefficient (Wildman–Crippen LogP) is 0.796. The van der Waals surface area contributed by atoms with E-state index in [1.807, 2.05) is 0 Å². The van der Waals surface area contributed by atoms with Gasteiger partial charge in [0.1, 0.15) is 11.6 Å². The van der Waals surface area contributed by atoms with Gasteiger partial charge in [-0.15, -0.1) is 0 Å². The fourth-order valence-corrected chi connectivity index (χ4v) is 2.98. The number of rotatable bonds is 1. The van der Waals surface area contributed by atoms with Crippen molar-refractivity contribution in [3.05, 3.63) is 0 Å². The zero-order valence-electron chi connectivity index (χ0n) is 10.9. The predicted molar refractivity (Wildman–Crippen MR) is 64.0 cm³/mol. The first-order valence-electron chi connectivity index (χ1n) is 6.20. The minimum absolute atomic E-state index is 0.0963. The Morgan fingerprint density at radius 1 is 1.33 bits per heavy atom. The van der Waals surface area contributed by atoms with Gasteiger partial charge in [-0.05, 0) is 33.6 Å². The van der Waals surface area contributed by atoms with E-state index in [2.05, 4.69) is 0 Å². The van der Waals surface area contributed by atoms with E-state index in [4.69, 9.17) is 10.5 Å². The summed E-state index contributed by atoms with van der Waals surface area (Å²) in [6.07, 6.45) is 0.778. The lowest BCUT2D eigenvalue weighted by Crippen LogP contribution is -2.55. The summed E-state index contributed by atoms with van der Waals surface area (Å²) in [6.45, 7) is 5.29. The quantitative estimate of drug-likeness (QED) is 0.723. The molecule has 2 rings (SSSR count). The van der Waals surface area contributed by atoms with E-state index in [-0.39, 0.29) is 18.0 Å². The molecule has 102 valence electrons. The zero-order chi connectivity index (χ0) is 13.7. The molecule has 2 aliphatic rings. The molecule has 18 heavy (non-hydrogen) atoms. The van der Waals surface area contributed by atoms with Gasteiger partial charge in [0.2, 0.25) is 0 Å². The molecule has 1 aliphatic carbocycles. The Labute approximate surface area is 106 Å². The molecule has 1 aliphatic heterocycles. The van der Waals surface area contributed by atoms with Crippen LogP contribution in [0.5, 0.6) is 0 Å². The Morgan fingerprint density at radius 3 is 2.44 bits per heavy atom. The number of ether oxygens (including phenoxy) is 1. The number of nitrogens with zero attached hydrogens (tertiary/aromatic N) is 1. The summed E-state index contributed by atoms with van der Waals surface area (Å²) in [4.78, 5) is 24.7. The molecule has 0 unspecified atom stereocenters. The number of aliphatic carboxylic acids is 1. The molecular weight excluding hydrogens is 236 g/mol. The minimum atomic E-state index is -0.997. The van der Waals surface area contributed by atoms with Gasteiger partial charge in [0.05, 0.1) is 0 Å². The molecule has 0 aromatic heterocycles. The fourth-order valence-electron chi connectivity index (χ4n) is 2.98. The van der Waals surface area contributed by atoms with Gasteiger partial charge < -0.3 is 15.6 Å². The summed E-state index contributed by atoms with van der Waals surface area (Å²) in [6, 6.07) is -1.07. The van der Waals surface area contributed by atoms with Crippen molar-refractivity contribution >= 4 is 12.1 Å². The van der Waals surface area contributed by atoms with Crippen molar-refractivity contribution in [2.75, 3.05) is 0 Å². The highest BCUT2D eigenvalue weighted by atomic mass is 16.6. The van der Waals surface area contributed by atoms with Gasteiger partial charge in [-0.1, -0.05) is 0 Å². The van der Waals surface area contributed by atoms with Gasteiger partial charge in [0, 0.05) is 18.0 Å². The standard InChI is InChI=1S/C12H20N2O4/c1-12(2,3)18-11(17)14-6-4-7(8(13)5-6)9(14)10(15)16/h6-9H,4-5,13H2,1-3H3,(H,15,16)/t6-,7-,8+,9+/m1/s1. The Bertz CT molecular complexity index is 377. The number of piperidine rings is 1. The first-order chi connectivity index (χ1) is 8.20. The third-order valence-corrected chi connectivity index (χ3v) is 3.59. The van der Waals surface area contributed by atoms with Gasteiger partial charge in [-0.25, -0.2) is 9.59 Å². The van der Waals surface area contributed by atoms with Gasteiger partial charge in [-0.2, -0.15) is 0 Å².